The molecule has 0 aliphatic carbocycles. The van der Waals surface area contributed by atoms with Crippen molar-refractivity contribution < 1.29 is 9.47 Å². The standard InChI is InChI=1S/C13H26O2/c1-3-4-5-6-7-10-13(14-2)11-8-9-12-15-13/h3-12H2,1-2H3/t13-/m0/s1. The van der Waals surface area contributed by atoms with E-state index in [0.717, 1.165) is 19.4 Å². The molecule has 2 nitrogen and oxygen atoms in total. The van der Waals surface area contributed by atoms with E-state index in [1.165, 1.54) is 44.9 Å². The Hall–Kier alpha value is -0.0800. The Balaban J connectivity index is 2.15. The zero-order valence-electron chi connectivity index (χ0n) is 10.4. The molecule has 1 aliphatic heterocycles. The Labute approximate surface area is 94.3 Å². The van der Waals surface area contributed by atoms with E-state index >= 15 is 0 Å². The summed E-state index contributed by atoms with van der Waals surface area (Å²) in [5, 5.41) is 0. The first-order chi connectivity index (χ1) is 7.33. The first kappa shape index (κ1) is 13.0. The second-order valence-corrected chi connectivity index (χ2v) is 4.58. The van der Waals surface area contributed by atoms with Crippen molar-refractivity contribution in [1.82, 2.24) is 0 Å². The molecule has 0 saturated carbocycles. The number of unbranched alkanes of at least 4 members (excludes halogenated alkanes) is 4. The predicted octanol–water partition coefficient (Wildman–Crippen LogP) is 3.89. The monoisotopic (exact) mass is 214 g/mol. The Morgan fingerprint density at radius 1 is 1.13 bits per heavy atom. The van der Waals surface area contributed by atoms with Crippen LogP contribution in [0.5, 0.6) is 0 Å². The highest BCUT2D eigenvalue weighted by molar-refractivity contribution is 4.73. The topological polar surface area (TPSA) is 18.5 Å². The largest absolute Gasteiger partial charge is 0.353 e. The van der Waals surface area contributed by atoms with Crippen LogP contribution in [0.2, 0.25) is 0 Å². The van der Waals surface area contributed by atoms with Crippen LogP contribution in [0.25, 0.3) is 0 Å². The fourth-order valence-electron chi connectivity index (χ4n) is 2.28. The van der Waals surface area contributed by atoms with Crippen molar-refractivity contribution in [1.29, 1.82) is 0 Å². The zero-order valence-corrected chi connectivity index (χ0v) is 10.4. The number of rotatable bonds is 7. The molecule has 0 bridgehead atoms. The summed E-state index contributed by atoms with van der Waals surface area (Å²) in [6.07, 6.45) is 11.2. The third kappa shape index (κ3) is 4.52. The number of methoxy groups -OCH3 is 1. The Morgan fingerprint density at radius 3 is 2.53 bits per heavy atom. The average Bonchev–Trinajstić information content (AvgIpc) is 2.30. The Kier molecular flexibility index (Phi) is 6.26. The van der Waals surface area contributed by atoms with E-state index in [1.807, 2.05) is 0 Å². The van der Waals surface area contributed by atoms with Gasteiger partial charge in [-0.1, -0.05) is 32.6 Å². The van der Waals surface area contributed by atoms with Crippen molar-refractivity contribution in [3.63, 3.8) is 0 Å². The second kappa shape index (κ2) is 7.24. The molecule has 0 unspecified atom stereocenters. The van der Waals surface area contributed by atoms with Crippen LogP contribution >= 0.6 is 0 Å². The minimum atomic E-state index is -0.232. The van der Waals surface area contributed by atoms with E-state index in [0.29, 0.717) is 0 Å². The molecule has 15 heavy (non-hydrogen) atoms. The molecule has 0 amide bonds. The van der Waals surface area contributed by atoms with Crippen LogP contribution in [0.1, 0.15) is 64.7 Å². The molecule has 0 aromatic heterocycles. The van der Waals surface area contributed by atoms with Gasteiger partial charge in [-0.15, -0.1) is 0 Å². The molecule has 0 radical (unpaired) electrons. The van der Waals surface area contributed by atoms with Crippen molar-refractivity contribution in [3.8, 4) is 0 Å². The second-order valence-electron chi connectivity index (χ2n) is 4.58. The molecule has 1 rings (SSSR count). The summed E-state index contributed by atoms with van der Waals surface area (Å²) in [6.45, 7) is 3.13. The maximum absolute atomic E-state index is 5.80. The molecule has 0 N–H and O–H groups in total. The third-order valence-electron chi connectivity index (χ3n) is 3.35. The van der Waals surface area contributed by atoms with E-state index in [-0.39, 0.29) is 5.79 Å². The van der Waals surface area contributed by atoms with Gasteiger partial charge in [-0.25, -0.2) is 0 Å². The van der Waals surface area contributed by atoms with Gasteiger partial charge in [-0.2, -0.15) is 0 Å². The van der Waals surface area contributed by atoms with Gasteiger partial charge in [-0.3, -0.25) is 0 Å². The molecule has 0 aromatic carbocycles. The molecule has 90 valence electrons. The SMILES string of the molecule is CCCCCCC[C@@]1(OC)CCCCO1. The van der Waals surface area contributed by atoms with Gasteiger partial charge in [0.05, 0.1) is 6.61 Å². The normalized spacial score (nSPS) is 26.8. The van der Waals surface area contributed by atoms with Gasteiger partial charge >= 0.3 is 0 Å². The van der Waals surface area contributed by atoms with Crippen LogP contribution in [0, 0.1) is 0 Å². The summed E-state index contributed by atoms with van der Waals surface area (Å²) in [5.41, 5.74) is 0. The molecule has 1 heterocycles. The van der Waals surface area contributed by atoms with Crippen molar-refractivity contribution in [3.05, 3.63) is 0 Å². The lowest BCUT2D eigenvalue weighted by atomic mass is 9.98. The van der Waals surface area contributed by atoms with E-state index in [1.54, 1.807) is 7.11 Å². The van der Waals surface area contributed by atoms with Gasteiger partial charge in [0, 0.05) is 20.0 Å². The fourth-order valence-corrected chi connectivity index (χ4v) is 2.28. The Bertz CT molecular complexity index is 151. The van der Waals surface area contributed by atoms with Gasteiger partial charge in [0.2, 0.25) is 0 Å². The van der Waals surface area contributed by atoms with Crippen molar-refractivity contribution in [2.45, 2.75) is 70.5 Å². The van der Waals surface area contributed by atoms with Crippen LogP contribution in [0.15, 0.2) is 0 Å². The lowest BCUT2D eigenvalue weighted by Gasteiger charge is -2.36. The molecule has 1 fully saturated rings. The van der Waals surface area contributed by atoms with Crippen LogP contribution < -0.4 is 0 Å². The zero-order chi connectivity index (χ0) is 11.0. The number of hydrogen-bond acceptors (Lipinski definition) is 2. The van der Waals surface area contributed by atoms with E-state index < -0.39 is 0 Å². The minimum absolute atomic E-state index is 0.232. The molecule has 1 saturated heterocycles. The summed E-state index contributed by atoms with van der Waals surface area (Å²) < 4.78 is 11.4. The van der Waals surface area contributed by atoms with E-state index in [4.69, 9.17) is 9.47 Å². The van der Waals surface area contributed by atoms with Gasteiger partial charge in [0.25, 0.3) is 0 Å². The summed E-state index contributed by atoms with van der Waals surface area (Å²) >= 11 is 0. The molecule has 1 atom stereocenters. The van der Waals surface area contributed by atoms with E-state index in [2.05, 4.69) is 6.92 Å². The Morgan fingerprint density at radius 2 is 1.93 bits per heavy atom. The number of hydrogen-bond donors (Lipinski definition) is 0. The quantitative estimate of drug-likeness (QED) is 0.599. The minimum Gasteiger partial charge on any atom is -0.353 e. The summed E-state index contributed by atoms with van der Waals surface area (Å²) in [6, 6.07) is 0. The third-order valence-corrected chi connectivity index (χ3v) is 3.35. The molecule has 0 aromatic rings. The summed E-state index contributed by atoms with van der Waals surface area (Å²) in [7, 11) is 1.79. The van der Waals surface area contributed by atoms with E-state index in [9.17, 15) is 0 Å². The van der Waals surface area contributed by atoms with Crippen LogP contribution in [0.4, 0.5) is 0 Å². The van der Waals surface area contributed by atoms with Crippen LogP contribution in [-0.4, -0.2) is 19.5 Å². The van der Waals surface area contributed by atoms with Gasteiger partial charge in [0.1, 0.15) is 0 Å². The number of ether oxygens (including phenoxy) is 2. The van der Waals surface area contributed by atoms with Crippen LogP contribution in [-0.2, 0) is 9.47 Å². The molecular weight excluding hydrogens is 188 g/mol. The first-order valence-corrected chi connectivity index (χ1v) is 6.52. The lowest BCUT2D eigenvalue weighted by molar-refractivity contribution is -0.246. The highest BCUT2D eigenvalue weighted by atomic mass is 16.7. The lowest BCUT2D eigenvalue weighted by Crippen LogP contribution is -2.38. The van der Waals surface area contributed by atoms with Crippen molar-refractivity contribution in [2.24, 2.45) is 0 Å². The van der Waals surface area contributed by atoms with Crippen molar-refractivity contribution in [2.75, 3.05) is 13.7 Å². The molecule has 1 aliphatic rings. The molecule has 0 spiro atoms. The molecule has 2 heteroatoms. The van der Waals surface area contributed by atoms with Gasteiger partial charge < -0.3 is 9.47 Å². The van der Waals surface area contributed by atoms with Gasteiger partial charge in [-0.05, 0) is 19.3 Å². The highest BCUT2D eigenvalue weighted by Gasteiger charge is 2.32. The van der Waals surface area contributed by atoms with Crippen LogP contribution in [0.3, 0.4) is 0 Å². The summed E-state index contributed by atoms with van der Waals surface area (Å²) in [5.74, 6) is -0.232. The van der Waals surface area contributed by atoms with Gasteiger partial charge in [0.15, 0.2) is 5.79 Å². The predicted molar refractivity (Wildman–Crippen MR) is 62.9 cm³/mol. The maximum atomic E-state index is 5.80. The first-order valence-electron chi connectivity index (χ1n) is 6.52. The average molecular weight is 214 g/mol. The summed E-state index contributed by atoms with van der Waals surface area (Å²) in [4.78, 5) is 0. The maximum Gasteiger partial charge on any atom is 0.167 e. The van der Waals surface area contributed by atoms with Crippen molar-refractivity contribution >= 4 is 0 Å². The smallest absolute Gasteiger partial charge is 0.167 e. The highest BCUT2D eigenvalue weighted by Crippen LogP contribution is 2.30. The fraction of sp³-hybridized carbons (Fsp3) is 1.00. The molecular formula is C13H26O2.